The number of benzene rings is 1. The predicted octanol–water partition coefficient (Wildman–Crippen LogP) is 2.10. The first-order chi connectivity index (χ1) is 29.0. The van der Waals surface area contributed by atoms with E-state index in [0.29, 0.717) is 37.5 Å². The van der Waals surface area contributed by atoms with Crippen molar-refractivity contribution in [2.75, 3.05) is 6.54 Å². The van der Waals surface area contributed by atoms with Crippen LogP contribution in [0, 0.1) is 36.0 Å². The second-order valence-corrected chi connectivity index (χ2v) is 19.3. The van der Waals surface area contributed by atoms with E-state index in [1.807, 2.05) is 19.1 Å². The highest BCUT2D eigenvalue weighted by molar-refractivity contribution is 6.48. The normalized spacial score (nSPS) is 26.0. The van der Waals surface area contributed by atoms with Crippen LogP contribution in [-0.4, -0.2) is 118 Å². The van der Waals surface area contributed by atoms with Crippen LogP contribution in [0.4, 0.5) is 0 Å². The maximum Gasteiger partial charge on any atom is 0.481 e. The van der Waals surface area contributed by atoms with E-state index in [1.165, 1.54) is 4.90 Å². The number of hydrogen-bond acceptors (Lipinski definition) is 10. The number of aliphatic carboxylic acids is 2. The SMILES string of the molecule is Cc1cccc(CC[C@H](NC(=O)[C@@H]2CCCN2C(=O)[C@@H](NC(=O)[C@@H](NC(=O)[C@H](CCC(=O)O)NC(=O)[C@@H](N)CC(=O)O)C(C)C)C(C)C)B2O[C@H]3C[C@@H]4C[C@@H](C4(C)C)[C@@]3(C)O2)c1. The zero-order valence-electron chi connectivity index (χ0n) is 37.4. The van der Waals surface area contributed by atoms with Crippen molar-refractivity contribution < 1.29 is 53.1 Å². The first kappa shape index (κ1) is 48.5. The van der Waals surface area contributed by atoms with Gasteiger partial charge in [0.2, 0.25) is 29.5 Å². The zero-order valence-corrected chi connectivity index (χ0v) is 37.4. The largest absolute Gasteiger partial charge is 0.481 e. The van der Waals surface area contributed by atoms with Crippen LogP contribution in [0.1, 0.15) is 111 Å². The molecule has 8 N–H and O–H groups in total. The summed E-state index contributed by atoms with van der Waals surface area (Å²) in [6.07, 6.45) is 2.48. The van der Waals surface area contributed by atoms with Crippen LogP contribution in [0.25, 0.3) is 0 Å². The van der Waals surface area contributed by atoms with Gasteiger partial charge < -0.3 is 51.4 Å². The topological polar surface area (TPSA) is 256 Å². The first-order valence-corrected chi connectivity index (χ1v) is 22.1. The Bertz CT molecular complexity index is 1860. The maximum atomic E-state index is 14.4. The van der Waals surface area contributed by atoms with Crippen LogP contribution < -0.4 is 27.0 Å². The third-order valence-electron chi connectivity index (χ3n) is 13.8. The Hall–Kier alpha value is -4.55. The summed E-state index contributed by atoms with van der Waals surface area (Å²) >= 11 is 0. The van der Waals surface area contributed by atoms with Gasteiger partial charge in [-0.2, -0.15) is 0 Å². The van der Waals surface area contributed by atoms with Crippen molar-refractivity contribution in [3.05, 3.63) is 35.4 Å². The number of nitrogens with zero attached hydrogens (tertiary/aromatic N) is 1. The Labute approximate surface area is 364 Å². The smallest absolute Gasteiger partial charge is 0.481 e. The number of carboxylic acids is 2. The van der Waals surface area contributed by atoms with Gasteiger partial charge in [0.15, 0.2) is 0 Å². The molecule has 6 rings (SSSR count). The molecule has 342 valence electrons. The van der Waals surface area contributed by atoms with E-state index >= 15 is 0 Å². The highest BCUT2D eigenvalue weighted by atomic mass is 16.7. The Morgan fingerprint density at radius 2 is 1.56 bits per heavy atom. The molecule has 2 saturated heterocycles. The average molecular weight is 867 g/mol. The van der Waals surface area contributed by atoms with E-state index in [4.69, 9.17) is 20.1 Å². The lowest BCUT2D eigenvalue weighted by Crippen LogP contribution is -2.65. The van der Waals surface area contributed by atoms with Gasteiger partial charge in [-0.3, -0.25) is 33.6 Å². The summed E-state index contributed by atoms with van der Waals surface area (Å²) in [5.74, 6) is -6.52. The van der Waals surface area contributed by atoms with Crippen LogP contribution in [0.2, 0.25) is 0 Å². The highest BCUT2D eigenvalue weighted by Crippen LogP contribution is 2.65. The number of hydrogen-bond donors (Lipinski definition) is 7. The molecule has 62 heavy (non-hydrogen) atoms. The number of carbonyl (C=O) groups is 7. The second kappa shape index (κ2) is 19.9. The third kappa shape index (κ3) is 11.0. The summed E-state index contributed by atoms with van der Waals surface area (Å²) < 4.78 is 13.5. The van der Waals surface area contributed by atoms with Crippen LogP contribution in [0.5, 0.6) is 0 Å². The van der Waals surface area contributed by atoms with Crippen molar-refractivity contribution in [2.45, 2.75) is 161 Å². The van der Waals surface area contributed by atoms with Crippen molar-refractivity contribution >= 4 is 48.6 Å². The van der Waals surface area contributed by atoms with Crippen LogP contribution in [0.3, 0.4) is 0 Å². The number of aryl methyl sites for hydroxylation is 2. The van der Waals surface area contributed by atoms with E-state index in [2.05, 4.69) is 54.2 Å². The molecule has 5 amide bonds. The minimum absolute atomic E-state index is 0.0847. The van der Waals surface area contributed by atoms with Crippen molar-refractivity contribution in [1.82, 2.24) is 26.2 Å². The summed E-state index contributed by atoms with van der Waals surface area (Å²) in [6.45, 7) is 15.9. The van der Waals surface area contributed by atoms with Crippen molar-refractivity contribution in [3.8, 4) is 0 Å². The number of nitrogens with two attached hydrogens (primary N) is 1. The minimum Gasteiger partial charge on any atom is -0.481 e. The van der Waals surface area contributed by atoms with Crippen molar-refractivity contribution in [1.29, 1.82) is 0 Å². The van der Waals surface area contributed by atoms with Gasteiger partial charge in [-0.15, -0.1) is 0 Å². The van der Waals surface area contributed by atoms with Gasteiger partial charge in [0.1, 0.15) is 24.2 Å². The molecular weight excluding hydrogens is 799 g/mol. The van der Waals surface area contributed by atoms with Gasteiger partial charge in [0.05, 0.1) is 30.1 Å². The molecule has 2 heterocycles. The van der Waals surface area contributed by atoms with Crippen LogP contribution in [0.15, 0.2) is 24.3 Å². The molecular formula is C44H67BN6O11. The standard InChI is InChI=1S/C44H67BN6O11/c1-23(2)36(49-39(57)29(15-17-34(52)53)47-38(56)28(46)22-35(54)55)41(59)50-37(24(3)4)42(60)51-18-10-13-30(51)40(58)48-33(16-14-26-12-9-11-25(5)19-26)45-61-32-21-27-20-31(43(27,6)7)44(32,8)62-45/h9,11-12,19,23-24,27-33,36-37H,10,13-18,20-22,46H2,1-8H3,(H,47,56)(H,48,58)(H,49,57)(H,50,59)(H,52,53)(H,54,55)/t27-,28-,29-,30-,31-,32-,33-,36-,37-,44+/m0/s1. The molecule has 3 saturated carbocycles. The predicted molar refractivity (Wildman–Crippen MR) is 229 cm³/mol. The number of likely N-dealkylation sites (tertiary alicyclic amines) is 1. The Morgan fingerprint density at radius 3 is 2.18 bits per heavy atom. The fourth-order valence-electron chi connectivity index (χ4n) is 9.94. The molecule has 2 bridgehead atoms. The highest BCUT2D eigenvalue weighted by Gasteiger charge is 2.68. The van der Waals surface area contributed by atoms with Gasteiger partial charge >= 0.3 is 19.1 Å². The van der Waals surface area contributed by atoms with Crippen LogP contribution in [-0.2, 0) is 49.3 Å². The first-order valence-electron chi connectivity index (χ1n) is 22.1. The molecule has 0 radical (unpaired) electrons. The van der Waals surface area contributed by atoms with Crippen molar-refractivity contribution in [2.24, 2.45) is 34.8 Å². The zero-order chi connectivity index (χ0) is 45.8. The Morgan fingerprint density at radius 1 is 0.887 bits per heavy atom. The maximum absolute atomic E-state index is 14.4. The number of rotatable bonds is 20. The van der Waals surface area contributed by atoms with Gasteiger partial charge in [-0.1, -0.05) is 71.4 Å². The van der Waals surface area contributed by atoms with Crippen molar-refractivity contribution in [3.63, 3.8) is 0 Å². The number of carbonyl (C=O) groups excluding carboxylic acids is 5. The molecule has 3 aliphatic carbocycles. The lowest BCUT2D eigenvalue weighted by molar-refractivity contribution is -0.199. The van der Waals surface area contributed by atoms with E-state index in [9.17, 15) is 38.7 Å². The molecule has 0 unspecified atom stereocenters. The summed E-state index contributed by atoms with van der Waals surface area (Å²) in [5.41, 5.74) is 7.58. The molecule has 0 spiro atoms. The van der Waals surface area contributed by atoms with Gasteiger partial charge in [-0.05, 0) is 93.4 Å². The molecule has 1 aromatic carbocycles. The average Bonchev–Trinajstić information content (AvgIpc) is 3.83. The molecule has 18 heteroatoms. The van der Waals surface area contributed by atoms with Gasteiger partial charge in [0.25, 0.3) is 0 Å². The van der Waals surface area contributed by atoms with E-state index < -0.39 is 109 Å². The van der Waals surface area contributed by atoms with Crippen LogP contribution >= 0.6 is 0 Å². The summed E-state index contributed by atoms with van der Waals surface area (Å²) in [6, 6.07) is 2.14. The molecule has 17 nitrogen and oxygen atoms in total. The van der Waals surface area contributed by atoms with Gasteiger partial charge in [0, 0.05) is 13.0 Å². The summed E-state index contributed by atoms with van der Waals surface area (Å²) in [5, 5.41) is 29.3. The summed E-state index contributed by atoms with van der Waals surface area (Å²) in [7, 11) is -0.677. The molecule has 2 aliphatic heterocycles. The van der Waals surface area contributed by atoms with E-state index in [1.54, 1.807) is 27.7 Å². The minimum atomic E-state index is -1.51. The lowest BCUT2D eigenvalue weighted by atomic mass is 9.43. The number of nitrogens with one attached hydrogen (secondary N) is 4. The molecule has 5 aliphatic rings. The number of amides is 5. The van der Waals surface area contributed by atoms with Gasteiger partial charge in [-0.25, -0.2) is 0 Å². The Kier molecular flexibility index (Phi) is 15.5. The molecule has 1 aromatic rings. The quantitative estimate of drug-likeness (QED) is 0.0931. The fourth-order valence-corrected chi connectivity index (χ4v) is 9.94. The fraction of sp³-hybridized carbons (Fsp3) is 0.705. The molecule has 0 aromatic heterocycles. The molecule has 10 atom stereocenters. The van der Waals surface area contributed by atoms with E-state index in [0.717, 1.165) is 24.0 Å². The second-order valence-electron chi connectivity index (χ2n) is 19.3. The Balaban J connectivity index is 1.28. The number of carboxylic acid groups (broad SMARTS) is 2. The molecule has 5 fully saturated rings. The monoisotopic (exact) mass is 866 g/mol. The summed E-state index contributed by atoms with van der Waals surface area (Å²) in [4.78, 5) is 92.8. The lowest BCUT2D eigenvalue weighted by Gasteiger charge is -2.64. The third-order valence-corrected chi connectivity index (χ3v) is 13.8. The van der Waals surface area contributed by atoms with E-state index in [-0.39, 0.29) is 30.4 Å².